The molecule has 0 aliphatic heterocycles. The second kappa shape index (κ2) is 2.27. The van der Waals surface area contributed by atoms with Crippen molar-refractivity contribution in [3.05, 3.63) is 0 Å². The third kappa shape index (κ3) is 1.95. The standard InChI is InChI=1S/C5H12O3S/c1-5(2,3)9(6,7)8-4/h1-4H3. The van der Waals surface area contributed by atoms with Crippen LogP contribution in [0.5, 0.6) is 0 Å². The van der Waals surface area contributed by atoms with Gasteiger partial charge in [-0.05, 0) is 20.8 Å². The van der Waals surface area contributed by atoms with Crippen molar-refractivity contribution in [2.45, 2.75) is 25.5 Å². The highest BCUT2D eigenvalue weighted by Crippen LogP contribution is 2.15. The van der Waals surface area contributed by atoms with Crippen LogP contribution in [-0.2, 0) is 14.3 Å². The van der Waals surface area contributed by atoms with Gasteiger partial charge in [0.1, 0.15) is 0 Å². The Morgan fingerprint density at radius 1 is 1.22 bits per heavy atom. The quantitative estimate of drug-likeness (QED) is 0.521. The number of rotatable bonds is 1. The molecule has 56 valence electrons. The van der Waals surface area contributed by atoms with Crippen molar-refractivity contribution in [2.75, 3.05) is 7.11 Å². The van der Waals surface area contributed by atoms with Crippen molar-refractivity contribution in [3.63, 3.8) is 0 Å². The Hall–Kier alpha value is -0.0900. The zero-order valence-electron chi connectivity index (χ0n) is 6.13. The highest BCUT2D eigenvalue weighted by molar-refractivity contribution is 7.88. The normalized spacial score (nSPS) is 13.8. The summed E-state index contributed by atoms with van der Waals surface area (Å²) in [4.78, 5) is 0. The van der Waals surface area contributed by atoms with Crippen LogP contribution in [0.3, 0.4) is 0 Å². The van der Waals surface area contributed by atoms with Gasteiger partial charge in [0.15, 0.2) is 0 Å². The van der Waals surface area contributed by atoms with Gasteiger partial charge < -0.3 is 0 Å². The van der Waals surface area contributed by atoms with Crippen molar-refractivity contribution in [1.82, 2.24) is 0 Å². The first-order chi connectivity index (χ1) is 3.81. The van der Waals surface area contributed by atoms with Crippen LogP contribution in [0, 0.1) is 0 Å². The van der Waals surface area contributed by atoms with E-state index in [-0.39, 0.29) is 0 Å². The Bertz CT molecular complexity index is 173. The van der Waals surface area contributed by atoms with Crippen LogP contribution in [0.15, 0.2) is 0 Å². The molecule has 0 spiro atoms. The summed E-state index contributed by atoms with van der Waals surface area (Å²) in [6, 6.07) is 0. The maximum absolute atomic E-state index is 10.8. The minimum atomic E-state index is -3.34. The lowest BCUT2D eigenvalue weighted by molar-refractivity contribution is 0.376. The summed E-state index contributed by atoms with van der Waals surface area (Å²) in [5.41, 5.74) is 0. The van der Waals surface area contributed by atoms with Crippen LogP contribution in [0.1, 0.15) is 20.8 Å². The average Bonchev–Trinajstić information content (AvgIpc) is 1.64. The molecule has 3 nitrogen and oxygen atoms in total. The van der Waals surface area contributed by atoms with Crippen molar-refractivity contribution >= 4 is 10.1 Å². The third-order valence-corrected chi connectivity index (χ3v) is 2.91. The van der Waals surface area contributed by atoms with Crippen LogP contribution in [0.4, 0.5) is 0 Å². The summed E-state index contributed by atoms with van der Waals surface area (Å²) >= 11 is 0. The number of hydrogen-bond acceptors (Lipinski definition) is 3. The summed E-state index contributed by atoms with van der Waals surface area (Å²) in [5.74, 6) is 0. The molecule has 0 aromatic rings. The van der Waals surface area contributed by atoms with Gasteiger partial charge in [-0.25, -0.2) is 0 Å². The van der Waals surface area contributed by atoms with E-state index >= 15 is 0 Å². The molecule has 0 radical (unpaired) electrons. The highest BCUT2D eigenvalue weighted by Gasteiger charge is 2.28. The molecule has 0 aliphatic carbocycles. The fraction of sp³-hybridized carbons (Fsp3) is 1.00. The van der Waals surface area contributed by atoms with E-state index in [4.69, 9.17) is 0 Å². The van der Waals surface area contributed by atoms with Crippen LogP contribution in [0.2, 0.25) is 0 Å². The average molecular weight is 152 g/mol. The van der Waals surface area contributed by atoms with E-state index < -0.39 is 14.9 Å². The summed E-state index contributed by atoms with van der Waals surface area (Å²) in [5, 5.41) is 0. The molecule has 0 atom stereocenters. The van der Waals surface area contributed by atoms with Gasteiger partial charge in [0.2, 0.25) is 0 Å². The molecule has 9 heavy (non-hydrogen) atoms. The van der Waals surface area contributed by atoms with E-state index in [1.807, 2.05) is 0 Å². The first-order valence-electron chi connectivity index (χ1n) is 2.61. The minimum absolute atomic E-state index is 0.804. The van der Waals surface area contributed by atoms with E-state index in [1.54, 1.807) is 20.8 Å². The van der Waals surface area contributed by atoms with Crippen LogP contribution in [-0.4, -0.2) is 20.3 Å². The lowest BCUT2D eigenvalue weighted by atomic mass is 10.3. The van der Waals surface area contributed by atoms with Crippen LogP contribution < -0.4 is 0 Å². The molecule has 0 rings (SSSR count). The summed E-state index contributed by atoms with van der Waals surface area (Å²) in [6.45, 7) is 4.77. The van der Waals surface area contributed by atoms with E-state index in [0.29, 0.717) is 0 Å². The van der Waals surface area contributed by atoms with Gasteiger partial charge in [0, 0.05) is 0 Å². The molecule has 0 amide bonds. The second-order valence-electron chi connectivity index (χ2n) is 2.73. The Morgan fingerprint density at radius 2 is 1.56 bits per heavy atom. The van der Waals surface area contributed by atoms with Gasteiger partial charge in [-0.3, -0.25) is 4.18 Å². The number of hydrogen-bond donors (Lipinski definition) is 0. The maximum atomic E-state index is 10.8. The van der Waals surface area contributed by atoms with Crippen molar-refractivity contribution in [1.29, 1.82) is 0 Å². The van der Waals surface area contributed by atoms with E-state index in [1.165, 1.54) is 7.11 Å². The molecule has 0 fully saturated rings. The van der Waals surface area contributed by atoms with Crippen molar-refractivity contribution in [2.24, 2.45) is 0 Å². The zero-order chi connectivity index (χ0) is 7.71. The molecule has 0 saturated carbocycles. The first-order valence-corrected chi connectivity index (χ1v) is 4.02. The highest BCUT2D eigenvalue weighted by atomic mass is 32.2. The molecular weight excluding hydrogens is 140 g/mol. The van der Waals surface area contributed by atoms with E-state index in [9.17, 15) is 8.42 Å². The molecule has 0 aromatic carbocycles. The first kappa shape index (κ1) is 8.91. The lowest BCUT2D eigenvalue weighted by Crippen LogP contribution is -2.28. The van der Waals surface area contributed by atoms with Crippen LogP contribution in [0.25, 0.3) is 0 Å². The Kier molecular flexibility index (Phi) is 2.24. The molecule has 0 bridgehead atoms. The molecule has 4 heteroatoms. The summed E-state index contributed by atoms with van der Waals surface area (Å²) < 4.78 is 25.1. The van der Waals surface area contributed by atoms with Gasteiger partial charge in [-0.1, -0.05) is 0 Å². The summed E-state index contributed by atoms with van der Waals surface area (Å²) in [7, 11) is -2.17. The molecule has 0 N–H and O–H groups in total. The molecule has 0 saturated heterocycles. The lowest BCUT2D eigenvalue weighted by Gasteiger charge is -2.15. The van der Waals surface area contributed by atoms with Gasteiger partial charge in [0.05, 0.1) is 11.9 Å². The minimum Gasteiger partial charge on any atom is -0.273 e. The summed E-state index contributed by atoms with van der Waals surface area (Å²) in [6.07, 6.45) is 0. The van der Waals surface area contributed by atoms with Crippen molar-refractivity contribution in [3.8, 4) is 0 Å². The largest absolute Gasteiger partial charge is 0.273 e. The molecule has 0 heterocycles. The predicted octanol–water partition coefficient (Wildman–Crippen LogP) is 0.761. The van der Waals surface area contributed by atoms with Crippen molar-refractivity contribution < 1.29 is 12.6 Å². The SMILES string of the molecule is COS(=O)(=O)C(C)(C)C. The Labute approximate surface area is 56.1 Å². The topological polar surface area (TPSA) is 43.4 Å². The molecule has 0 unspecified atom stereocenters. The van der Waals surface area contributed by atoms with E-state index in [2.05, 4.69) is 4.18 Å². The van der Waals surface area contributed by atoms with E-state index in [0.717, 1.165) is 0 Å². The van der Waals surface area contributed by atoms with Gasteiger partial charge in [0.25, 0.3) is 10.1 Å². The Morgan fingerprint density at radius 3 is 1.56 bits per heavy atom. The Balaban J connectivity index is 4.57. The van der Waals surface area contributed by atoms with Gasteiger partial charge in [-0.15, -0.1) is 0 Å². The maximum Gasteiger partial charge on any atom is 0.272 e. The molecule has 0 aromatic heterocycles. The zero-order valence-corrected chi connectivity index (χ0v) is 6.95. The smallest absolute Gasteiger partial charge is 0.272 e. The van der Waals surface area contributed by atoms with Gasteiger partial charge >= 0.3 is 0 Å². The van der Waals surface area contributed by atoms with Gasteiger partial charge in [-0.2, -0.15) is 8.42 Å². The molecule has 0 aliphatic rings. The monoisotopic (exact) mass is 152 g/mol. The fourth-order valence-corrected chi connectivity index (χ4v) is 0.750. The third-order valence-electron chi connectivity index (χ3n) is 0.969. The molecular formula is C5H12O3S. The predicted molar refractivity (Wildman–Crippen MR) is 35.7 cm³/mol. The van der Waals surface area contributed by atoms with Crippen LogP contribution >= 0.6 is 0 Å². The second-order valence-corrected chi connectivity index (χ2v) is 5.20. The fourth-order valence-electron chi connectivity index (χ4n) is 0.250.